The average molecular weight is 414 g/mol. The lowest BCUT2D eigenvalue weighted by Gasteiger charge is -2.13. The van der Waals surface area contributed by atoms with Crippen LogP contribution in [0.15, 0.2) is 23.2 Å². The number of rotatable bonds is 5. The molecule has 3 nitrogen and oxygen atoms in total. The van der Waals surface area contributed by atoms with Gasteiger partial charge >= 0.3 is 0 Å². The van der Waals surface area contributed by atoms with Crippen molar-refractivity contribution < 1.29 is 4.39 Å². The molecule has 0 spiro atoms. The van der Waals surface area contributed by atoms with Crippen LogP contribution in [0.1, 0.15) is 19.4 Å². The van der Waals surface area contributed by atoms with Gasteiger partial charge in [-0.25, -0.2) is 4.39 Å². The maximum Gasteiger partial charge on any atom is 0.190 e. The minimum Gasteiger partial charge on any atom is -0.356 e. The standard InChI is InChI=1S/C14H21ClFN3.HI/c1-10(2)9-19-14(17-3)18-8-7-11-12(15)5-4-6-13(11)16;/h4-6,10H,7-9H2,1-3H3,(H2,17,18,19);1H. The Balaban J connectivity index is 0.00000361. The highest BCUT2D eigenvalue weighted by atomic mass is 127. The van der Waals surface area contributed by atoms with Crippen molar-refractivity contribution in [1.82, 2.24) is 10.6 Å². The summed E-state index contributed by atoms with van der Waals surface area (Å²) >= 11 is 5.97. The highest BCUT2D eigenvalue weighted by Crippen LogP contribution is 2.18. The molecule has 0 bridgehead atoms. The Morgan fingerprint density at radius 2 is 2.05 bits per heavy atom. The lowest BCUT2D eigenvalue weighted by Crippen LogP contribution is -2.40. The lowest BCUT2D eigenvalue weighted by atomic mass is 10.1. The number of nitrogens with zero attached hydrogens (tertiary/aromatic N) is 1. The summed E-state index contributed by atoms with van der Waals surface area (Å²) in [6, 6.07) is 4.73. The largest absolute Gasteiger partial charge is 0.356 e. The number of hydrogen-bond acceptors (Lipinski definition) is 1. The van der Waals surface area contributed by atoms with Gasteiger partial charge in [0.15, 0.2) is 5.96 Å². The molecule has 0 saturated carbocycles. The molecule has 114 valence electrons. The molecule has 0 aromatic heterocycles. The van der Waals surface area contributed by atoms with Gasteiger partial charge in [-0.05, 0) is 24.5 Å². The van der Waals surface area contributed by atoms with E-state index < -0.39 is 0 Å². The molecular weight excluding hydrogens is 392 g/mol. The monoisotopic (exact) mass is 413 g/mol. The fraction of sp³-hybridized carbons (Fsp3) is 0.500. The van der Waals surface area contributed by atoms with Gasteiger partial charge in [0.1, 0.15) is 5.82 Å². The highest BCUT2D eigenvalue weighted by molar-refractivity contribution is 14.0. The molecule has 0 aliphatic heterocycles. The second-order valence-electron chi connectivity index (χ2n) is 4.72. The first-order valence-electron chi connectivity index (χ1n) is 6.42. The van der Waals surface area contributed by atoms with E-state index in [2.05, 4.69) is 29.5 Å². The number of hydrogen-bond donors (Lipinski definition) is 2. The fourth-order valence-corrected chi connectivity index (χ4v) is 1.86. The van der Waals surface area contributed by atoms with E-state index in [0.29, 0.717) is 29.5 Å². The van der Waals surface area contributed by atoms with Crippen LogP contribution >= 0.6 is 35.6 Å². The minimum absolute atomic E-state index is 0. The molecule has 0 unspecified atom stereocenters. The van der Waals surface area contributed by atoms with Crippen LogP contribution in [0.5, 0.6) is 0 Å². The Hall–Kier alpha value is -0.560. The molecule has 1 rings (SSSR count). The van der Waals surface area contributed by atoms with Crippen molar-refractivity contribution >= 4 is 41.5 Å². The van der Waals surface area contributed by atoms with E-state index >= 15 is 0 Å². The number of aliphatic imine (C=N–C) groups is 1. The van der Waals surface area contributed by atoms with Crippen LogP contribution in [0, 0.1) is 11.7 Å². The van der Waals surface area contributed by atoms with Crippen molar-refractivity contribution in [1.29, 1.82) is 0 Å². The number of benzene rings is 1. The van der Waals surface area contributed by atoms with E-state index in [-0.39, 0.29) is 29.8 Å². The van der Waals surface area contributed by atoms with E-state index in [1.807, 2.05) is 0 Å². The molecule has 2 N–H and O–H groups in total. The second kappa shape index (κ2) is 10.2. The lowest BCUT2D eigenvalue weighted by molar-refractivity contribution is 0.602. The van der Waals surface area contributed by atoms with Crippen LogP contribution in [0.25, 0.3) is 0 Å². The Morgan fingerprint density at radius 3 is 2.60 bits per heavy atom. The van der Waals surface area contributed by atoms with Gasteiger partial charge in [-0.15, -0.1) is 24.0 Å². The molecule has 1 aromatic rings. The van der Waals surface area contributed by atoms with Crippen molar-refractivity contribution in [2.24, 2.45) is 10.9 Å². The third kappa shape index (κ3) is 6.74. The van der Waals surface area contributed by atoms with E-state index in [1.54, 1.807) is 19.2 Å². The molecule has 20 heavy (non-hydrogen) atoms. The summed E-state index contributed by atoms with van der Waals surface area (Å²) in [6.45, 7) is 5.68. The summed E-state index contributed by atoms with van der Waals surface area (Å²) in [5.74, 6) is 1.00. The number of guanidine groups is 1. The normalized spacial score (nSPS) is 11.2. The Morgan fingerprint density at radius 1 is 1.35 bits per heavy atom. The van der Waals surface area contributed by atoms with Crippen molar-refractivity contribution in [3.8, 4) is 0 Å². The Labute approximate surface area is 142 Å². The fourth-order valence-electron chi connectivity index (χ4n) is 1.60. The summed E-state index contributed by atoms with van der Waals surface area (Å²) < 4.78 is 13.6. The molecule has 0 amide bonds. The van der Waals surface area contributed by atoms with E-state index in [4.69, 9.17) is 11.6 Å². The summed E-state index contributed by atoms with van der Waals surface area (Å²) in [7, 11) is 1.71. The maximum absolute atomic E-state index is 13.6. The highest BCUT2D eigenvalue weighted by Gasteiger charge is 2.06. The van der Waals surface area contributed by atoms with Crippen molar-refractivity contribution in [3.05, 3.63) is 34.6 Å². The van der Waals surface area contributed by atoms with Crippen LogP contribution in [0.2, 0.25) is 5.02 Å². The molecule has 0 aliphatic rings. The third-order valence-corrected chi connectivity index (χ3v) is 2.98. The minimum atomic E-state index is -0.264. The van der Waals surface area contributed by atoms with Crippen LogP contribution < -0.4 is 10.6 Å². The molecule has 0 radical (unpaired) electrons. The zero-order valence-corrected chi connectivity index (χ0v) is 15.1. The molecular formula is C14H22ClFIN3. The number of halogens is 3. The van der Waals surface area contributed by atoms with Crippen LogP contribution in [0.3, 0.4) is 0 Å². The second-order valence-corrected chi connectivity index (χ2v) is 5.13. The van der Waals surface area contributed by atoms with Crippen LogP contribution in [-0.4, -0.2) is 26.1 Å². The molecule has 0 saturated heterocycles. The summed E-state index contributed by atoms with van der Waals surface area (Å²) in [5.41, 5.74) is 0.538. The van der Waals surface area contributed by atoms with Crippen LogP contribution in [0.4, 0.5) is 4.39 Å². The topological polar surface area (TPSA) is 36.4 Å². The molecule has 0 heterocycles. The molecule has 0 aliphatic carbocycles. The first-order valence-corrected chi connectivity index (χ1v) is 6.79. The summed E-state index contributed by atoms with van der Waals surface area (Å²) in [6.07, 6.45) is 0.522. The van der Waals surface area contributed by atoms with E-state index in [0.717, 1.165) is 12.5 Å². The predicted octanol–water partition coefficient (Wildman–Crippen LogP) is 3.46. The molecule has 0 atom stereocenters. The van der Waals surface area contributed by atoms with Gasteiger partial charge < -0.3 is 10.6 Å². The predicted molar refractivity (Wildman–Crippen MR) is 94.7 cm³/mol. The SMILES string of the molecule is CN=C(NCCc1c(F)cccc1Cl)NCC(C)C.I. The van der Waals surface area contributed by atoms with Gasteiger partial charge in [0.05, 0.1) is 0 Å². The summed E-state index contributed by atoms with van der Waals surface area (Å²) in [5, 5.41) is 6.80. The van der Waals surface area contributed by atoms with Crippen molar-refractivity contribution in [2.75, 3.05) is 20.1 Å². The molecule has 6 heteroatoms. The van der Waals surface area contributed by atoms with Gasteiger partial charge in [-0.1, -0.05) is 31.5 Å². The van der Waals surface area contributed by atoms with E-state index in [1.165, 1.54) is 6.07 Å². The maximum atomic E-state index is 13.6. The summed E-state index contributed by atoms with van der Waals surface area (Å²) in [4.78, 5) is 4.10. The quantitative estimate of drug-likeness (QED) is 0.441. The van der Waals surface area contributed by atoms with E-state index in [9.17, 15) is 4.39 Å². The molecule has 1 aromatic carbocycles. The first-order chi connectivity index (χ1) is 9.04. The Bertz CT molecular complexity index is 418. The van der Waals surface area contributed by atoms with Crippen molar-refractivity contribution in [2.45, 2.75) is 20.3 Å². The zero-order chi connectivity index (χ0) is 14.3. The third-order valence-electron chi connectivity index (χ3n) is 2.63. The van der Waals surface area contributed by atoms with Gasteiger partial charge in [-0.3, -0.25) is 4.99 Å². The first kappa shape index (κ1) is 19.4. The Kier molecular flexibility index (Phi) is 9.92. The average Bonchev–Trinajstić information content (AvgIpc) is 2.36. The smallest absolute Gasteiger partial charge is 0.190 e. The van der Waals surface area contributed by atoms with Gasteiger partial charge in [0, 0.05) is 30.7 Å². The van der Waals surface area contributed by atoms with Gasteiger partial charge in [0.2, 0.25) is 0 Å². The van der Waals surface area contributed by atoms with Gasteiger partial charge in [0.25, 0.3) is 0 Å². The van der Waals surface area contributed by atoms with Gasteiger partial charge in [-0.2, -0.15) is 0 Å². The zero-order valence-electron chi connectivity index (χ0n) is 12.0. The molecule has 0 fully saturated rings. The number of nitrogens with one attached hydrogen (secondary N) is 2. The van der Waals surface area contributed by atoms with Crippen LogP contribution in [-0.2, 0) is 6.42 Å². The van der Waals surface area contributed by atoms with Crippen molar-refractivity contribution in [3.63, 3.8) is 0 Å².